The first-order valence-corrected chi connectivity index (χ1v) is 9.89. The molecule has 28 heavy (non-hydrogen) atoms. The summed E-state index contributed by atoms with van der Waals surface area (Å²) in [4.78, 5) is 9.74. The molecule has 5 nitrogen and oxygen atoms in total. The van der Waals surface area contributed by atoms with Gasteiger partial charge in [-0.3, -0.25) is 0 Å². The molecule has 1 aliphatic heterocycles. The summed E-state index contributed by atoms with van der Waals surface area (Å²) in [6.07, 6.45) is 5.72. The molecule has 0 bridgehead atoms. The van der Waals surface area contributed by atoms with Gasteiger partial charge in [-0.1, -0.05) is 20.8 Å². The Bertz CT molecular complexity index is 989. The van der Waals surface area contributed by atoms with Crippen molar-refractivity contribution in [3.63, 3.8) is 0 Å². The molecule has 0 N–H and O–H groups in total. The van der Waals surface area contributed by atoms with Gasteiger partial charge < -0.3 is 9.30 Å². The van der Waals surface area contributed by atoms with Gasteiger partial charge in [-0.05, 0) is 36.5 Å². The van der Waals surface area contributed by atoms with E-state index in [2.05, 4.69) is 30.8 Å². The van der Waals surface area contributed by atoms with Gasteiger partial charge in [-0.2, -0.15) is 15.2 Å². The molecule has 1 aromatic carbocycles. The average molecular weight is 404 g/mol. The van der Waals surface area contributed by atoms with Crippen molar-refractivity contribution in [1.82, 2.24) is 4.57 Å². The first-order valence-electron chi connectivity index (χ1n) is 9.07. The number of ether oxygens (including phenoxy) is 1. The molecule has 1 fully saturated rings. The zero-order chi connectivity index (χ0) is 20.3. The number of thiazole rings is 1. The van der Waals surface area contributed by atoms with E-state index in [1.54, 1.807) is 6.19 Å². The molecule has 1 saturated heterocycles. The van der Waals surface area contributed by atoms with Gasteiger partial charge >= 0.3 is 0 Å². The Hall–Kier alpha value is -2.37. The van der Waals surface area contributed by atoms with Crippen LogP contribution in [0.25, 0.3) is 0 Å². The van der Waals surface area contributed by atoms with Gasteiger partial charge in [-0.15, -0.1) is 11.3 Å². The maximum atomic E-state index is 14.2. The van der Waals surface area contributed by atoms with E-state index in [9.17, 15) is 8.78 Å². The summed E-state index contributed by atoms with van der Waals surface area (Å²) in [6, 6.07) is 3.02. The van der Waals surface area contributed by atoms with Crippen LogP contribution in [0.5, 0.6) is 0 Å². The lowest BCUT2D eigenvalue weighted by atomic mass is 9.95. The number of nitrogens with zero attached hydrogens (tertiary/aromatic N) is 4. The van der Waals surface area contributed by atoms with E-state index >= 15 is 0 Å². The van der Waals surface area contributed by atoms with Crippen LogP contribution in [0.15, 0.2) is 34.4 Å². The van der Waals surface area contributed by atoms with Crippen LogP contribution < -0.4 is 4.80 Å². The highest BCUT2D eigenvalue weighted by Gasteiger charge is 2.22. The number of nitriles is 1. The van der Waals surface area contributed by atoms with E-state index in [0.717, 1.165) is 42.5 Å². The quantitative estimate of drug-likeness (QED) is 0.439. The molecule has 148 valence electrons. The minimum atomic E-state index is -0.683. The summed E-state index contributed by atoms with van der Waals surface area (Å²) in [5.74, 6) is -1.45. The fourth-order valence-electron chi connectivity index (χ4n) is 2.90. The lowest BCUT2D eigenvalue weighted by molar-refractivity contribution is 0.0963. The molecule has 1 atom stereocenters. The van der Waals surface area contributed by atoms with E-state index in [4.69, 9.17) is 10.00 Å². The van der Waals surface area contributed by atoms with Crippen molar-refractivity contribution in [2.45, 2.75) is 51.7 Å². The molecule has 0 saturated carbocycles. The Kier molecular flexibility index (Phi) is 6.06. The maximum absolute atomic E-state index is 14.2. The zero-order valence-electron chi connectivity index (χ0n) is 16.1. The Labute approximate surface area is 166 Å². The van der Waals surface area contributed by atoms with Crippen LogP contribution in [0, 0.1) is 23.1 Å². The fraction of sp³-hybridized carbons (Fsp3) is 0.450. The minimum Gasteiger partial charge on any atom is -0.376 e. The monoisotopic (exact) mass is 404 g/mol. The predicted octanol–water partition coefficient (Wildman–Crippen LogP) is 4.13. The second-order valence-corrected chi connectivity index (χ2v) is 8.70. The second kappa shape index (κ2) is 8.33. The third-order valence-electron chi connectivity index (χ3n) is 4.41. The molecule has 0 unspecified atom stereocenters. The van der Waals surface area contributed by atoms with Gasteiger partial charge in [0.25, 0.3) is 0 Å². The lowest BCUT2D eigenvalue weighted by Gasteiger charge is -2.15. The molecule has 0 amide bonds. The second-order valence-electron chi connectivity index (χ2n) is 7.69. The highest BCUT2D eigenvalue weighted by Crippen LogP contribution is 2.25. The Morgan fingerprint density at radius 3 is 2.82 bits per heavy atom. The summed E-state index contributed by atoms with van der Waals surface area (Å²) in [6.45, 7) is 7.63. The van der Waals surface area contributed by atoms with Gasteiger partial charge in [0.2, 0.25) is 6.19 Å². The number of aromatic nitrogens is 1. The Balaban J connectivity index is 2.11. The summed E-state index contributed by atoms with van der Waals surface area (Å²) in [7, 11) is 0. The van der Waals surface area contributed by atoms with Crippen LogP contribution in [0.4, 0.5) is 8.78 Å². The van der Waals surface area contributed by atoms with Gasteiger partial charge in [0.15, 0.2) is 10.6 Å². The third kappa shape index (κ3) is 4.72. The summed E-state index contributed by atoms with van der Waals surface area (Å²) >= 11 is 1.44. The van der Waals surface area contributed by atoms with Crippen LogP contribution in [-0.4, -0.2) is 23.1 Å². The van der Waals surface area contributed by atoms with E-state index in [-0.39, 0.29) is 22.9 Å². The normalized spacial score (nSPS) is 18.5. The number of benzene rings is 1. The first kappa shape index (κ1) is 20.4. The largest absolute Gasteiger partial charge is 0.376 e. The van der Waals surface area contributed by atoms with Gasteiger partial charge in [0.1, 0.15) is 11.6 Å². The van der Waals surface area contributed by atoms with Crippen molar-refractivity contribution in [2.24, 2.45) is 9.98 Å². The summed E-state index contributed by atoms with van der Waals surface area (Å²) in [5.41, 5.74) is -0.246. The maximum Gasteiger partial charge on any atom is 0.207 e. The molecule has 1 aromatic heterocycles. The molecular formula is C20H22F2N4OS. The van der Waals surface area contributed by atoms with E-state index in [0.29, 0.717) is 11.3 Å². The number of amidine groups is 1. The van der Waals surface area contributed by atoms with E-state index < -0.39 is 11.6 Å². The number of hydrogen-bond acceptors (Lipinski definition) is 4. The van der Waals surface area contributed by atoms with Crippen LogP contribution in [0.1, 0.15) is 44.1 Å². The summed E-state index contributed by atoms with van der Waals surface area (Å²) in [5, 5.41) is 9.03. The fourth-order valence-corrected chi connectivity index (χ4v) is 3.96. The number of aliphatic imine (C=N–C) groups is 1. The molecule has 0 radical (unpaired) electrons. The van der Waals surface area contributed by atoms with Crippen LogP contribution in [0.3, 0.4) is 0 Å². The van der Waals surface area contributed by atoms with Gasteiger partial charge in [0.05, 0.1) is 18.2 Å². The highest BCUT2D eigenvalue weighted by molar-refractivity contribution is 7.09. The lowest BCUT2D eigenvalue weighted by Crippen LogP contribution is -2.24. The smallest absolute Gasteiger partial charge is 0.207 e. The highest BCUT2D eigenvalue weighted by atomic mass is 32.1. The van der Waals surface area contributed by atoms with Crippen molar-refractivity contribution in [1.29, 1.82) is 5.26 Å². The van der Waals surface area contributed by atoms with Gasteiger partial charge in [-0.25, -0.2) is 8.78 Å². The first-order chi connectivity index (χ1) is 13.3. The Morgan fingerprint density at radius 1 is 1.39 bits per heavy atom. The number of halogens is 2. The molecular weight excluding hydrogens is 382 g/mol. The molecule has 8 heteroatoms. The number of rotatable bonds is 3. The van der Waals surface area contributed by atoms with Crippen LogP contribution in [-0.2, 0) is 16.7 Å². The van der Waals surface area contributed by atoms with Crippen LogP contribution >= 0.6 is 11.3 Å². The van der Waals surface area contributed by atoms with Crippen molar-refractivity contribution in [3.8, 4) is 6.19 Å². The molecule has 0 spiro atoms. The minimum absolute atomic E-state index is 0.0867. The van der Waals surface area contributed by atoms with Gasteiger partial charge in [0, 0.05) is 17.7 Å². The standard InChI is InChI=1S/C20H22F2N4OS/c1-20(2,3)17-11-26(10-14-5-4-8-27-14)19(28-17)25-18(24-12-23)15-9-13(21)6-7-16(15)22/h6-7,9,11,14H,4-5,8,10H2,1-3H3/b24-18+,25-19-/t14-/m1/s1. The summed E-state index contributed by atoms with van der Waals surface area (Å²) < 4.78 is 35.5. The predicted molar refractivity (Wildman–Crippen MR) is 104 cm³/mol. The molecule has 2 aromatic rings. The van der Waals surface area contributed by atoms with Crippen molar-refractivity contribution in [3.05, 3.63) is 51.3 Å². The molecule has 0 aliphatic carbocycles. The van der Waals surface area contributed by atoms with Crippen molar-refractivity contribution in [2.75, 3.05) is 6.61 Å². The van der Waals surface area contributed by atoms with Crippen molar-refractivity contribution < 1.29 is 13.5 Å². The topological polar surface area (TPSA) is 62.7 Å². The third-order valence-corrected chi connectivity index (χ3v) is 5.86. The zero-order valence-corrected chi connectivity index (χ0v) is 16.9. The molecule has 1 aliphatic rings. The van der Waals surface area contributed by atoms with Crippen molar-refractivity contribution >= 4 is 17.2 Å². The molecule has 3 rings (SSSR count). The van der Waals surface area contributed by atoms with E-state index in [1.165, 1.54) is 11.3 Å². The Morgan fingerprint density at radius 2 is 2.18 bits per heavy atom. The SMILES string of the molecule is CC(C)(C)c1cn(C[C@H]2CCCO2)/c(=N/C(=N/C#N)c2cc(F)ccc2F)s1. The molecule has 2 heterocycles. The average Bonchev–Trinajstić information content (AvgIpc) is 3.27. The van der Waals surface area contributed by atoms with E-state index in [1.807, 2.05) is 10.8 Å². The number of hydrogen-bond donors (Lipinski definition) is 0. The van der Waals surface area contributed by atoms with Crippen LogP contribution in [0.2, 0.25) is 0 Å².